The minimum Gasteiger partial charge on any atom is -0.326 e. The lowest BCUT2D eigenvalue weighted by molar-refractivity contribution is 0.102. The zero-order valence-electron chi connectivity index (χ0n) is 13.2. The maximum atomic E-state index is 12.8. The summed E-state index contributed by atoms with van der Waals surface area (Å²) in [6.45, 7) is 2.29. The van der Waals surface area contributed by atoms with Crippen LogP contribution in [0.5, 0.6) is 0 Å². The van der Waals surface area contributed by atoms with Gasteiger partial charge in [0.1, 0.15) is 5.82 Å². The summed E-state index contributed by atoms with van der Waals surface area (Å²) in [6.07, 6.45) is 3.50. The molecule has 3 rings (SSSR count). The van der Waals surface area contributed by atoms with Gasteiger partial charge in [0.25, 0.3) is 5.91 Å². The number of halogens is 1. The summed E-state index contributed by atoms with van der Waals surface area (Å²) in [6, 6.07) is 12.7. The SMILES string of the molecule is Cc1nccn1-c1ccc(Cl)cc1C(=O)Nc1cccc(CN)c1. The normalized spacial score (nSPS) is 10.6. The minimum atomic E-state index is -0.241. The summed E-state index contributed by atoms with van der Waals surface area (Å²) >= 11 is 6.09. The van der Waals surface area contributed by atoms with Crippen molar-refractivity contribution in [2.24, 2.45) is 5.73 Å². The molecule has 0 atom stereocenters. The van der Waals surface area contributed by atoms with Gasteiger partial charge in [-0.1, -0.05) is 23.7 Å². The van der Waals surface area contributed by atoms with Crippen LogP contribution in [-0.2, 0) is 6.54 Å². The molecular formula is C18H17ClN4O. The number of nitrogens with two attached hydrogens (primary N) is 1. The second-order valence-corrected chi connectivity index (χ2v) is 5.80. The van der Waals surface area contributed by atoms with Gasteiger partial charge in [0.2, 0.25) is 0 Å². The molecule has 0 radical (unpaired) electrons. The Kier molecular flexibility index (Phi) is 4.64. The van der Waals surface area contributed by atoms with Gasteiger partial charge in [0, 0.05) is 29.6 Å². The van der Waals surface area contributed by atoms with E-state index >= 15 is 0 Å². The van der Waals surface area contributed by atoms with Crippen molar-refractivity contribution in [3.05, 3.63) is 76.8 Å². The smallest absolute Gasteiger partial charge is 0.257 e. The van der Waals surface area contributed by atoms with E-state index < -0.39 is 0 Å². The van der Waals surface area contributed by atoms with E-state index in [-0.39, 0.29) is 5.91 Å². The van der Waals surface area contributed by atoms with Gasteiger partial charge in [-0.05, 0) is 42.8 Å². The lowest BCUT2D eigenvalue weighted by Gasteiger charge is -2.13. The Morgan fingerprint density at radius 2 is 2.12 bits per heavy atom. The number of nitrogens with one attached hydrogen (secondary N) is 1. The summed E-state index contributed by atoms with van der Waals surface area (Å²) in [5, 5.41) is 3.39. The van der Waals surface area contributed by atoms with Crippen LogP contribution in [-0.4, -0.2) is 15.5 Å². The molecule has 5 nitrogen and oxygen atoms in total. The molecule has 0 fully saturated rings. The number of aromatic nitrogens is 2. The molecule has 0 spiro atoms. The van der Waals surface area contributed by atoms with E-state index in [2.05, 4.69) is 10.3 Å². The molecular weight excluding hydrogens is 324 g/mol. The number of hydrogen-bond donors (Lipinski definition) is 2. The predicted molar refractivity (Wildman–Crippen MR) is 95.6 cm³/mol. The van der Waals surface area contributed by atoms with Crippen LogP contribution in [0.3, 0.4) is 0 Å². The van der Waals surface area contributed by atoms with Crippen molar-refractivity contribution in [3.63, 3.8) is 0 Å². The van der Waals surface area contributed by atoms with Gasteiger partial charge in [-0.15, -0.1) is 0 Å². The largest absolute Gasteiger partial charge is 0.326 e. The maximum Gasteiger partial charge on any atom is 0.257 e. The van der Waals surface area contributed by atoms with Crippen molar-refractivity contribution >= 4 is 23.2 Å². The molecule has 0 aliphatic carbocycles. The fraction of sp³-hybridized carbons (Fsp3) is 0.111. The van der Waals surface area contributed by atoms with Crippen molar-refractivity contribution in [3.8, 4) is 5.69 Å². The molecule has 0 saturated carbocycles. The topological polar surface area (TPSA) is 72.9 Å². The van der Waals surface area contributed by atoms with Gasteiger partial charge >= 0.3 is 0 Å². The number of aryl methyl sites for hydroxylation is 1. The van der Waals surface area contributed by atoms with Crippen molar-refractivity contribution in [2.45, 2.75) is 13.5 Å². The van der Waals surface area contributed by atoms with E-state index in [1.54, 1.807) is 18.3 Å². The zero-order valence-corrected chi connectivity index (χ0v) is 13.9. The van der Waals surface area contributed by atoms with E-state index in [9.17, 15) is 4.79 Å². The van der Waals surface area contributed by atoms with Crippen LogP contribution in [0, 0.1) is 6.92 Å². The van der Waals surface area contributed by atoms with Crippen LogP contribution in [0.2, 0.25) is 5.02 Å². The van der Waals surface area contributed by atoms with Gasteiger partial charge in [-0.2, -0.15) is 0 Å². The molecule has 122 valence electrons. The minimum absolute atomic E-state index is 0.241. The molecule has 6 heteroatoms. The molecule has 1 amide bonds. The van der Waals surface area contributed by atoms with Gasteiger partial charge in [-0.25, -0.2) is 4.98 Å². The van der Waals surface area contributed by atoms with Crippen LogP contribution < -0.4 is 11.1 Å². The quantitative estimate of drug-likeness (QED) is 0.763. The van der Waals surface area contributed by atoms with Crippen LogP contribution in [0.25, 0.3) is 5.69 Å². The third kappa shape index (κ3) is 3.32. The molecule has 0 aliphatic heterocycles. The molecule has 1 aromatic heterocycles. The molecule has 0 aliphatic rings. The summed E-state index contributed by atoms with van der Waals surface area (Å²) in [5.74, 6) is 0.547. The molecule has 2 aromatic carbocycles. The van der Waals surface area contributed by atoms with Crippen molar-refractivity contribution in [1.29, 1.82) is 0 Å². The number of carbonyl (C=O) groups is 1. The van der Waals surface area contributed by atoms with Gasteiger partial charge in [-0.3, -0.25) is 4.79 Å². The number of rotatable bonds is 4. The highest BCUT2D eigenvalue weighted by atomic mass is 35.5. The first kappa shape index (κ1) is 16.2. The van der Waals surface area contributed by atoms with Gasteiger partial charge < -0.3 is 15.6 Å². The Labute approximate surface area is 145 Å². The zero-order chi connectivity index (χ0) is 17.1. The second kappa shape index (κ2) is 6.86. The number of amides is 1. The number of imidazole rings is 1. The molecule has 1 heterocycles. The number of benzene rings is 2. The first-order valence-electron chi connectivity index (χ1n) is 7.48. The van der Waals surface area contributed by atoms with Gasteiger partial charge in [0.05, 0.1) is 11.3 Å². The van der Waals surface area contributed by atoms with Crippen LogP contribution in [0.1, 0.15) is 21.7 Å². The lowest BCUT2D eigenvalue weighted by Crippen LogP contribution is -2.15. The Morgan fingerprint density at radius 1 is 1.29 bits per heavy atom. The van der Waals surface area contributed by atoms with Crippen LogP contribution in [0.4, 0.5) is 5.69 Å². The molecule has 3 N–H and O–H groups in total. The number of hydrogen-bond acceptors (Lipinski definition) is 3. The van der Waals surface area contributed by atoms with Crippen molar-refractivity contribution in [2.75, 3.05) is 5.32 Å². The molecule has 0 bridgehead atoms. The lowest BCUT2D eigenvalue weighted by atomic mass is 10.1. The maximum absolute atomic E-state index is 12.8. The van der Waals surface area contributed by atoms with Crippen LogP contribution in [0.15, 0.2) is 54.9 Å². The monoisotopic (exact) mass is 340 g/mol. The highest BCUT2D eigenvalue weighted by Crippen LogP contribution is 2.22. The second-order valence-electron chi connectivity index (χ2n) is 5.36. The summed E-state index contributed by atoms with van der Waals surface area (Å²) in [7, 11) is 0. The van der Waals surface area contributed by atoms with Crippen LogP contribution >= 0.6 is 11.6 Å². The van der Waals surface area contributed by atoms with Gasteiger partial charge in [0.15, 0.2) is 0 Å². The highest BCUT2D eigenvalue weighted by molar-refractivity contribution is 6.31. The summed E-state index contributed by atoms with van der Waals surface area (Å²) in [4.78, 5) is 17.0. The predicted octanol–water partition coefficient (Wildman–Crippen LogP) is 3.55. The Morgan fingerprint density at radius 3 is 2.83 bits per heavy atom. The number of anilines is 1. The molecule has 0 unspecified atom stereocenters. The molecule has 0 saturated heterocycles. The highest BCUT2D eigenvalue weighted by Gasteiger charge is 2.15. The first-order valence-corrected chi connectivity index (χ1v) is 7.86. The van der Waals surface area contributed by atoms with E-state index in [1.807, 2.05) is 48.0 Å². The third-order valence-electron chi connectivity index (χ3n) is 3.71. The Balaban J connectivity index is 1.97. The van der Waals surface area contributed by atoms with E-state index in [1.165, 1.54) is 0 Å². The number of carbonyl (C=O) groups excluding carboxylic acids is 1. The summed E-state index contributed by atoms with van der Waals surface area (Å²) in [5.41, 5.74) is 8.48. The third-order valence-corrected chi connectivity index (χ3v) is 3.94. The van der Waals surface area contributed by atoms with E-state index in [0.29, 0.717) is 22.8 Å². The van der Waals surface area contributed by atoms with Crippen molar-refractivity contribution < 1.29 is 4.79 Å². The fourth-order valence-corrected chi connectivity index (χ4v) is 2.68. The van der Waals surface area contributed by atoms with Crippen molar-refractivity contribution in [1.82, 2.24) is 9.55 Å². The Hall–Kier alpha value is -2.63. The molecule has 3 aromatic rings. The average molecular weight is 341 g/mol. The standard InChI is InChI=1S/C18H17ClN4O/c1-12-21-7-8-23(12)17-6-5-14(19)10-16(17)18(24)22-15-4-2-3-13(9-15)11-20/h2-10H,11,20H2,1H3,(H,22,24). The molecule has 24 heavy (non-hydrogen) atoms. The average Bonchev–Trinajstić information content (AvgIpc) is 3.01. The number of nitrogens with zero attached hydrogens (tertiary/aromatic N) is 2. The van der Waals surface area contributed by atoms with E-state index in [4.69, 9.17) is 17.3 Å². The Bertz CT molecular complexity index is 888. The first-order chi connectivity index (χ1) is 11.6. The fourth-order valence-electron chi connectivity index (χ4n) is 2.51. The van der Waals surface area contributed by atoms with E-state index in [0.717, 1.165) is 17.1 Å². The summed E-state index contributed by atoms with van der Waals surface area (Å²) < 4.78 is 1.85.